The van der Waals surface area contributed by atoms with Crippen LogP contribution in [0, 0.1) is 19.7 Å². The number of carbonyl (C=O) groups excluding carboxylic acids is 1. The number of aromatic nitrogens is 5. The molecule has 3 heterocycles. The molecule has 0 unspecified atom stereocenters. The van der Waals surface area contributed by atoms with Crippen LogP contribution in [0.2, 0.25) is 0 Å². The SMILES string of the molecule is Cc1cc(C)n2ncc(C(=O)Nc3ccc4nc(Cc5ccccc5F)[nH]c4c3)c2n1. The zero-order valence-electron chi connectivity index (χ0n) is 17.0. The van der Waals surface area contributed by atoms with Gasteiger partial charge in [0.25, 0.3) is 5.91 Å². The number of aromatic amines is 1. The molecule has 2 aromatic carbocycles. The first-order chi connectivity index (χ1) is 15.0. The van der Waals surface area contributed by atoms with Crippen LogP contribution in [0.5, 0.6) is 0 Å². The topological polar surface area (TPSA) is 88.0 Å². The van der Waals surface area contributed by atoms with Gasteiger partial charge in [-0.05, 0) is 49.7 Å². The van der Waals surface area contributed by atoms with Gasteiger partial charge in [0.05, 0.1) is 17.2 Å². The van der Waals surface area contributed by atoms with Crippen molar-refractivity contribution in [3.05, 3.63) is 88.9 Å². The Bertz CT molecular complexity index is 1450. The lowest BCUT2D eigenvalue weighted by molar-refractivity contribution is 0.102. The van der Waals surface area contributed by atoms with Gasteiger partial charge in [-0.15, -0.1) is 0 Å². The number of hydrogen-bond acceptors (Lipinski definition) is 4. The second-order valence-corrected chi connectivity index (χ2v) is 7.47. The maximum atomic E-state index is 13.9. The Hall–Kier alpha value is -4.07. The Morgan fingerprint density at radius 3 is 2.81 bits per heavy atom. The lowest BCUT2D eigenvalue weighted by Crippen LogP contribution is -2.12. The van der Waals surface area contributed by atoms with Crippen LogP contribution in [0.15, 0.2) is 54.7 Å². The number of anilines is 1. The van der Waals surface area contributed by atoms with Gasteiger partial charge in [-0.1, -0.05) is 18.2 Å². The molecule has 8 heteroatoms. The van der Waals surface area contributed by atoms with E-state index in [2.05, 4.69) is 25.4 Å². The minimum atomic E-state index is -0.294. The fraction of sp³-hybridized carbons (Fsp3) is 0.130. The number of aryl methyl sites for hydroxylation is 2. The normalized spacial score (nSPS) is 11.3. The number of fused-ring (bicyclic) bond motifs is 2. The molecule has 0 aliphatic carbocycles. The number of halogens is 1. The highest BCUT2D eigenvalue weighted by atomic mass is 19.1. The van der Waals surface area contributed by atoms with Gasteiger partial charge >= 0.3 is 0 Å². The maximum absolute atomic E-state index is 13.9. The van der Waals surface area contributed by atoms with Crippen molar-refractivity contribution in [1.29, 1.82) is 0 Å². The van der Waals surface area contributed by atoms with Crippen molar-refractivity contribution >= 4 is 28.3 Å². The molecular weight excluding hydrogens is 395 g/mol. The highest BCUT2D eigenvalue weighted by Gasteiger charge is 2.16. The minimum Gasteiger partial charge on any atom is -0.342 e. The molecule has 0 spiro atoms. The van der Waals surface area contributed by atoms with E-state index in [4.69, 9.17) is 0 Å². The van der Waals surface area contributed by atoms with Crippen LogP contribution in [-0.2, 0) is 6.42 Å². The van der Waals surface area contributed by atoms with Crippen LogP contribution in [-0.4, -0.2) is 30.5 Å². The third-order valence-electron chi connectivity index (χ3n) is 5.13. The van der Waals surface area contributed by atoms with Crippen molar-refractivity contribution in [3.8, 4) is 0 Å². The van der Waals surface area contributed by atoms with Gasteiger partial charge in [-0.3, -0.25) is 4.79 Å². The molecule has 0 aliphatic heterocycles. The fourth-order valence-electron chi connectivity index (χ4n) is 3.68. The van der Waals surface area contributed by atoms with E-state index in [1.165, 1.54) is 12.3 Å². The number of H-pyrrole nitrogens is 1. The first-order valence-electron chi connectivity index (χ1n) is 9.83. The van der Waals surface area contributed by atoms with Gasteiger partial charge in [-0.25, -0.2) is 18.9 Å². The Labute approximate surface area is 177 Å². The molecule has 0 saturated carbocycles. The van der Waals surface area contributed by atoms with Gasteiger partial charge in [0.2, 0.25) is 0 Å². The number of rotatable bonds is 4. The zero-order valence-corrected chi connectivity index (χ0v) is 17.0. The lowest BCUT2D eigenvalue weighted by atomic mass is 10.1. The second kappa shape index (κ2) is 7.32. The Morgan fingerprint density at radius 2 is 1.97 bits per heavy atom. The smallest absolute Gasteiger partial charge is 0.261 e. The van der Waals surface area contributed by atoms with Crippen LogP contribution in [0.4, 0.5) is 10.1 Å². The quantitative estimate of drug-likeness (QED) is 0.461. The number of nitrogens with zero attached hydrogens (tertiary/aromatic N) is 4. The maximum Gasteiger partial charge on any atom is 0.261 e. The molecule has 3 aromatic heterocycles. The number of nitrogens with one attached hydrogen (secondary N) is 2. The third-order valence-corrected chi connectivity index (χ3v) is 5.13. The molecule has 0 bridgehead atoms. The summed E-state index contributed by atoms with van der Waals surface area (Å²) in [4.78, 5) is 25.0. The molecule has 7 nitrogen and oxygen atoms in total. The molecule has 154 valence electrons. The molecule has 0 fully saturated rings. The molecule has 0 radical (unpaired) electrons. The summed E-state index contributed by atoms with van der Waals surface area (Å²) in [5, 5.41) is 7.16. The van der Waals surface area contributed by atoms with E-state index in [9.17, 15) is 9.18 Å². The van der Waals surface area contributed by atoms with Crippen molar-refractivity contribution in [3.63, 3.8) is 0 Å². The Balaban J connectivity index is 1.41. The van der Waals surface area contributed by atoms with E-state index in [0.717, 1.165) is 22.4 Å². The predicted octanol–water partition coefficient (Wildman–Crippen LogP) is 4.20. The summed E-state index contributed by atoms with van der Waals surface area (Å²) < 4.78 is 15.6. The molecule has 2 N–H and O–H groups in total. The summed E-state index contributed by atoms with van der Waals surface area (Å²) in [6.07, 6.45) is 1.88. The van der Waals surface area contributed by atoms with Gasteiger partial charge in [0, 0.05) is 23.5 Å². The number of carbonyl (C=O) groups is 1. The standard InChI is InChI=1S/C23H19FN6O/c1-13-9-14(2)30-22(26-13)17(12-25-30)23(31)27-16-7-8-19-20(11-16)29-21(28-19)10-15-5-3-4-6-18(15)24/h3-9,11-12H,10H2,1-2H3,(H,27,31)(H,28,29). The monoisotopic (exact) mass is 414 g/mol. The number of amides is 1. The molecule has 1 amide bonds. The van der Waals surface area contributed by atoms with E-state index in [1.807, 2.05) is 26.0 Å². The molecule has 0 aliphatic rings. The first-order valence-corrected chi connectivity index (χ1v) is 9.83. The van der Waals surface area contributed by atoms with E-state index in [1.54, 1.807) is 34.8 Å². The predicted molar refractivity (Wildman–Crippen MR) is 116 cm³/mol. The number of imidazole rings is 1. The Kier molecular flexibility index (Phi) is 4.47. The highest BCUT2D eigenvalue weighted by molar-refractivity contribution is 6.08. The summed E-state index contributed by atoms with van der Waals surface area (Å²) in [5.41, 5.74) is 5.33. The summed E-state index contributed by atoms with van der Waals surface area (Å²) in [6, 6.07) is 13.9. The first kappa shape index (κ1) is 18.9. The van der Waals surface area contributed by atoms with Crippen molar-refractivity contribution in [2.75, 3.05) is 5.32 Å². The average molecular weight is 414 g/mol. The van der Waals surface area contributed by atoms with Gasteiger partial charge in [0.15, 0.2) is 5.65 Å². The van der Waals surface area contributed by atoms with E-state index in [-0.39, 0.29) is 11.7 Å². The molecule has 31 heavy (non-hydrogen) atoms. The van der Waals surface area contributed by atoms with Crippen LogP contribution >= 0.6 is 0 Å². The van der Waals surface area contributed by atoms with E-state index < -0.39 is 0 Å². The summed E-state index contributed by atoms with van der Waals surface area (Å²) in [5.74, 6) is 0.0997. The molecule has 5 aromatic rings. The molecule has 5 rings (SSSR count). The molecule has 0 atom stereocenters. The van der Waals surface area contributed by atoms with E-state index >= 15 is 0 Å². The Morgan fingerprint density at radius 1 is 1.13 bits per heavy atom. The molecular formula is C23H19FN6O. The van der Waals surface area contributed by atoms with E-state index in [0.29, 0.717) is 34.7 Å². The highest BCUT2D eigenvalue weighted by Crippen LogP contribution is 2.21. The van der Waals surface area contributed by atoms with Crippen LogP contribution in [0.3, 0.4) is 0 Å². The van der Waals surface area contributed by atoms with Crippen LogP contribution < -0.4 is 5.32 Å². The number of hydrogen-bond donors (Lipinski definition) is 2. The lowest BCUT2D eigenvalue weighted by Gasteiger charge is -2.05. The number of benzene rings is 2. The van der Waals surface area contributed by atoms with Crippen LogP contribution in [0.25, 0.3) is 16.7 Å². The minimum absolute atomic E-state index is 0.261. The average Bonchev–Trinajstić information content (AvgIpc) is 3.33. The fourth-order valence-corrected chi connectivity index (χ4v) is 3.68. The van der Waals surface area contributed by atoms with Gasteiger partial charge in [0.1, 0.15) is 17.2 Å². The van der Waals surface area contributed by atoms with Gasteiger partial charge in [-0.2, -0.15) is 5.10 Å². The van der Waals surface area contributed by atoms with Crippen molar-refractivity contribution in [2.45, 2.75) is 20.3 Å². The largest absolute Gasteiger partial charge is 0.342 e. The summed E-state index contributed by atoms with van der Waals surface area (Å²) in [7, 11) is 0. The third kappa shape index (κ3) is 3.52. The van der Waals surface area contributed by atoms with Gasteiger partial charge < -0.3 is 10.3 Å². The van der Waals surface area contributed by atoms with Crippen molar-refractivity contribution in [2.24, 2.45) is 0 Å². The summed E-state index contributed by atoms with van der Waals surface area (Å²) in [6.45, 7) is 3.80. The summed E-state index contributed by atoms with van der Waals surface area (Å²) >= 11 is 0. The molecule has 0 saturated heterocycles. The van der Waals surface area contributed by atoms with Crippen LogP contribution in [0.1, 0.15) is 33.1 Å². The van der Waals surface area contributed by atoms with Crippen molar-refractivity contribution in [1.82, 2.24) is 24.6 Å². The zero-order chi connectivity index (χ0) is 21.5. The van der Waals surface area contributed by atoms with Crippen molar-refractivity contribution < 1.29 is 9.18 Å². The second-order valence-electron chi connectivity index (χ2n) is 7.47.